The number of aromatic nitrogens is 1. The van der Waals surface area contributed by atoms with Crippen molar-refractivity contribution < 1.29 is 24.5 Å². The molecule has 2 aliphatic rings. The van der Waals surface area contributed by atoms with E-state index in [9.17, 15) is 15.0 Å². The summed E-state index contributed by atoms with van der Waals surface area (Å²) in [7, 11) is 4.70. The number of hydrogen-bond donors (Lipinski definition) is 2. The van der Waals surface area contributed by atoms with Crippen LogP contribution in [0.3, 0.4) is 0 Å². The molecule has 8 heteroatoms. The fourth-order valence-corrected chi connectivity index (χ4v) is 4.90. The molecule has 5 atom stereocenters. The minimum Gasteiger partial charge on any atom is -0.495 e. The van der Waals surface area contributed by atoms with Gasteiger partial charge >= 0.3 is 0 Å². The molecule has 0 bridgehead atoms. The Hall–Kier alpha value is -3.15. The van der Waals surface area contributed by atoms with Gasteiger partial charge in [0.05, 0.1) is 30.9 Å². The van der Waals surface area contributed by atoms with Gasteiger partial charge in [-0.25, -0.2) is 0 Å². The summed E-state index contributed by atoms with van der Waals surface area (Å²) >= 11 is 0. The number of hydrogen-bond acceptors (Lipinski definition) is 7. The number of fused-ring (bicyclic) bond motifs is 3. The maximum absolute atomic E-state index is 12.9. The van der Waals surface area contributed by atoms with Crippen LogP contribution in [0.2, 0.25) is 0 Å². The van der Waals surface area contributed by atoms with Crippen molar-refractivity contribution in [1.82, 2.24) is 9.88 Å². The zero-order chi connectivity index (χ0) is 21.8. The van der Waals surface area contributed by atoms with Crippen LogP contribution >= 0.6 is 0 Å². The van der Waals surface area contributed by atoms with Crippen LogP contribution in [-0.2, 0) is 16.0 Å². The van der Waals surface area contributed by atoms with Crippen LogP contribution in [0, 0.1) is 23.2 Å². The number of nitriles is 1. The summed E-state index contributed by atoms with van der Waals surface area (Å²) in [6, 6.07) is 10.3. The topological polar surface area (TPSA) is 116 Å². The van der Waals surface area contributed by atoms with Gasteiger partial charge in [0.15, 0.2) is 11.2 Å². The SMILES string of the molecule is COc1cnc2c(c1)O[C@@]1(c3ccc(C#N)cc3)[C@H](C)[C@@H](C(=O)N(C)C)[C@@H](O)[C@@]21O. The summed E-state index contributed by atoms with van der Waals surface area (Å²) in [6.45, 7) is 1.77. The summed E-state index contributed by atoms with van der Waals surface area (Å²) in [4.78, 5) is 18.7. The molecule has 0 spiro atoms. The van der Waals surface area contributed by atoms with Gasteiger partial charge in [0.2, 0.25) is 5.91 Å². The van der Waals surface area contributed by atoms with Crippen molar-refractivity contribution in [3.05, 3.63) is 53.3 Å². The molecule has 1 aliphatic heterocycles. The molecule has 2 aromatic rings. The quantitative estimate of drug-likeness (QED) is 0.781. The van der Waals surface area contributed by atoms with Crippen LogP contribution in [0.1, 0.15) is 23.7 Å². The van der Waals surface area contributed by atoms with E-state index >= 15 is 0 Å². The number of amides is 1. The first-order valence-corrected chi connectivity index (χ1v) is 9.58. The largest absolute Gasteiger partial charge is 0.495 e. The van der Waals surface area contributed by atoms with Gasteiger partial charge in [-0.2, -0.15) is 5.26 Å². The first-order valence-electron chi connectivity index (χ1n) is 9.58. The number of rotatable bonds is 3. The number of aliphatic hydroxyl groups is 2. The van der Waals surface area contributed by atoms with E-state index in [4.69, 9.17) is 14.7 Å². The molecule has 1 aliphatic carbocycles. The second-order valence-electron chi connectivity index (χ2n) is 8.01. The number of carbonyl (C=O) groups is 1. The van der Waals surface area contributed by atoms with Crippen LogP contribution in [0.25, 0.3) is 0 Å². The molecule has 1 amide bonds. The number of pyridine rings is 1. The van der Waals surface area contributed by atoms with Crippen molar-refractivity contribution in [3.8, 4) is 17.6 Å². The summed E-state index contributed by atoms with van der Waals surface area (Å²) < 4.78 is 11.6. The second-order valence-corrected chi connectivity index (χ2v) is 8.01. The van der Waals surface area contributed by atoms with Crippen molar-refractivity contribution in [2.75, 3.05) is 21.2 Å². The highest BCUT2D eigenvalue weighted by Gasteiger charge is 2.76. The van der Waals surface area contributed by atoms with Crippen molar-refractivity contribution in [2.45, 2.75) is 24.2 Å². The first-order chi connectivity index (χ1) is 14.2. The van der Waals surface area contributed by atoms with Crippen LogP contribution < -0.4 is 9.47 Å². The first kappa shape index (κ1) is 20.1. The van der Waals surface area contributed by atoms with E-state index in [1.165, 1.54) is 18.2 Å². The number of ether oxygens (including phenoxy) is 2. The van der Waals surface area contributed by atoms with E-state index in [1.807, 2.05) is 0 Å². The highest BCUT2D eigenvalue weighted by atomic mass is 16.5. The molecule has 8 nitrogen and oxygen atoms in total. The van der Waals surface area contributed by atoms with Gasteiger partial charge in [-0.3, -0.25) is 9.78 Å². The molecule has 0 radical (unpaired) electrons. The molecule has 156 valence electrons. The zero-order valence-electron chi connectivity index (χ0n) is 17.2. The molecule has 2 heterocycles. The van der Waals surface area contributed by atoms with Crippen LogP contribution in [0.15, 0.2) is 36.5 Å². The Morgan fingerprint density at radius 1 is 1.33 bits per heavy atom. The van der Waals surface area contributed by atoms with Gasteiger partial charge in [-0.1, -0.05) is 19.1 Å². The molecule has 30 heavy (non-hydrogen) atoms. The van der Waals surface area contributed by atoms with Crippen LogP contribution in [-0.4, -0.2) is 53.3 Å². The maximum atomic E-state index is 12.9. The highest BCUT2D eigenvalue weighted by Crippen LogP contribution is 2.65. The third kappa shape index (κ3) is 2.33. The molecule has 1 aromatic carbocycles. The smallest absolute Gasteiger partial charge is 0.228 e. The van der Waals surface area contributed by atoms with E-state index < -0.39 is 29.1 Å². The van der Waals surface area contributed by atoms with E-state index in [0.717, 1.165) is 0 Å². The lowest BCUT2D eigenvalue weighted by molar-refractivity contribution is -0.159. The summed E-state index contributed by atoms with van der Waals surface area (Å²) in [5, 5.41) is 32.5. The Balaban J connectivity index is 1.97. The Labute approximate surface area is 174 Å². The number of methoxy groups -OCH3 is 1. The Morgan fingerprint density at radius 2 is 2.00 bits per heavy atom. The molecule has 0 unspecified atom stereocenters. The number of carbonyl (C=O) groups excluding carboxylic acids is 1. The fourth-order valence-electron chi connectivity index (χ4n) is 4.90. The Bertz CT molecular complexity index is 1050. The van der Waals surface area contributed by atoms with E-state index in [0.29, 0.717) is 16.9 Å². The minimum atomic E-state index is -1.97. The highest BCUT2D eigenvalue weighted by molar-refractivity contribution is 5.81. The van der Waals surface area contributed by atoms with Gasteiger partial charge in [0, 0.05) is 26.1 Å². The predicted molar refractivity (Wildman–Crippen MR) is 106 cm³/mol. The molecule has 1 fully saturated rings. The number of nitrogens with zero attached hydrogens (tertiary/aromatic N) is 3. The zero-order valence-corrected chi connectivity index (χ0v) is 17.2. The summed E-state index contributed by atoms with van der Waals surface area (Å²) in [5.74, 6) is -1.12. The fraction of sp³-hybridized carbons (Fsp3) is 0.409. The molecule has 0 saturated heterocycles. The van der Waals surface area contributed by atoms with Gasteiger partial charge in [0.1, 0.15) is 23.3 Å². The van der Waals surface area contributed by atoms with E-state index in [-0.39, 0.29) is 17.4 Å². The number of benzene rings is 1. The summed E-state index contributed by atoms with van der Waals surface area (Å²) in [5.41, 5.74) is -2.31. The average molecular weight is 409 g/mol. The molecular weight excluding hydrogens is 386 g/mol. The van der Waals surface area contributed by atoms with Gasteiger partial charge in [-0.15, -0.1) is 0 Å². The van der Waals surface area contributed by atoms with E-state index in [2.05, 4.69) is 11.1 Å². The average Bonchev–Trinajstić information content (AvgIpc) is 3.11. The van der Waals surface area contributed by atoms with Crippen LogP contribution in [0.5, 0.6) is 11.5 Å². The lowest BCUT2D eigenvalue weighted by Gasteiger charge is -2.39. The number of aliphatic hydroxyl groups excluding tert-OH is 1. The van der Waals surface area contributed by atoms with Crippen molar-refractivity contribution in [1.29, 1.82) is 5.26 Å². The lowest BCUT2D eigenvalue weighted by atomic mass is 9.74. The molecule has 1 aromatic heterocycles. The monoisotopic (exact) mass is 409 g/mol. The lowest BCUT2D eigenvalue weighted by Crippen LogP contribution is -2.52. The second kappa shape index (κ2) is 6.69. The van der Waals surface area contributed by atoms with Gasteiger partial charge in [0.25, 0.3) is 0 Å². The molecule has 2 N–H and O–H groups in total. The van der Waals surface area contributed by atoms with Crippen molar-refractivity contribution in [3.63, 3.8) is 0 Å². The standard InChI is InChI=1S/C22H23N3O5/c1-12-17(20(27)25(2)3)19(26)21(28)18-16(9-15(29-4)11-24-18)30-22(12,21)14-7-5-13(10-23)6-8-14/h5-9,11-12,17,19,26,28H,1-4H3/t12-,17-,19-,21+,22-/m1/s1. The van der Waals surface area contributed by atoms with E-state index in [1.54, 1.807) is 51.4 Å². The molecular formula is C22H23N3O5. The predicted octanol–water partition coefficient (Wildman–Crippen LogP) is 1.15. The Morgan fingerprint density at radius 3 is 2.57 bits per heavy atom. The normalized spacial score (nSPS) is 31.3. The van der Waals surface area contributed by atoms with Gasteiger partial charge < -0.3 is 24.6 Å². The van der Waals surface area contributed by atoms with Crippen LogP contribution in [0.4, 0.5) is 0 Å². The third-order valence-electron chi connectivity index (χ3n) is 6.38. The molecule has 4 rings (SSSR count). The van der Waals surface area contributed by atoms with Crippen molar-refractivity contribution >= 4 is 5.91 Å². The van der Waals surface area contributed by atoms with Crippen molar-refractivity contribution in [2.24, 2.45) is 11.8 Å². The minimum absolute atomic E-state index is 0.154. The summed E-state index contributed by atoms with van der Waals surface area (Å²) in [6.07, 6.45) is -0.0202. The third-order valence-corrected chi connectivity index (χ3v) is 6.38. The molecule has 1 saturated carbocycles. The Kier molecular flexibility index (Phi) is 4.49. The van der Waals surface area contributed by atoms with Gasteiger partial charge in [-0.05, 0) is 17.7 Å². The maximum Gasteiger partial charge on any atom is 0.228 e.